The van der Waals surface area contributed by atoms with Crippen LogP contribution < -0.4 is 0 Å². The molecule has 1 rings (SSSR count). The zero-order valence-corrected chi connectivity index (χ0v) is 26.3. The van der Waals surface area contributed by atoms with Gasteiger partial charge >= 0.3 is 221 Å². The summed E-state index contributed by atoms with van der Waals surface area (Å²) in [5, 5.41) is 0. The Hall–Kier alpha value is -0.311. The van der Waals surface area contributed by atoms with Crippen molar-refractivity contribution in [2.75, 3.05) is 4.43 Å². The van der Waals surface area contributed by atoms with Gasteiger partial charge in [0.1, 0.15) is 0 Å². The Morgan fingerprint density at radius 3 is 1.94 bits per heavy atom. The van der Waals surface area contributed by atoms with Gasteiger partial charge in [-0.3, -0.25) is 0 Å². The van der Waals surface area contributed by atoms with Crippen molar-refractivity contribution in [2.24, 2.45) is 5.41 Å². The molecule has 1 atom stereocenters. The summed E-state index contributed by atoms with van der Waals surface area (Å²) < 4.78 is 16.6. The molecule has 0 fully saturated rings. The van der Waals surface area contributed by atoms with E-state index in [2.05, 4.69) is 50.3 Å². The predicted octanol–water partition coefficient (Wildman–Crippen LogP) is 8.94. The van der Waals surface area contributed by atoms with E-state index < -0.39 is 29.9 Å². The van der Waals surface area contributed by atoms with Crippen molar-refractivity contribution < 1.29 is 19.1 Å². The van der Waals surface area contributed by atoms with Gasteiger partial charge in [-0.15, -0.1) is 0 Å². The van der Waals surface area contributed by atoms with Crippen molar-refractivity contribution in [3.63, 3.8) is 0 Å². The second-order valence-electron chi connectivity index (χ2n) is 9.75. The Kier molecular flexibility index (Phi) is 16.0. The number of hydrogen-bond donors (Lipinski definition) is 0. The number of carbonyl (C=O) groups excluding carboxylic acids is 2. The molecule has 33 heavy (non-hydrogen) atoms. The molecule has 4 nitrogen and oxygen atoms in total. The van der Waals surface area contributed by atoms with Gasteiger partial charge in [0, 0.05) is 0 Å². The number of unbranched alkanes of at least 4 members (excludes halogenated alkanes) is 3. The van der Waals surface area contributed by atoms with Crippen LogP contribution in [0.25, 0.3) is 0 Å². The first-order valence-electron chi connectivity index (χ1n) is 12.8. The molecule has 0 saturated heterocycles. The number of esters is 1. The Morgan fingerprint density at radius 1 is 0.909 bits per heavy atom. The molecule has 0 amide bonds. The van der Waals surface area contributed by atoms with Crippen LogP contribution >= 0.6 is 22.6 Å². The quantitative estimate of drug-likeness (QED) is 0.0543. The third kappa shape index (κ3) is 11.8. The molecule has 0 bridgehead atoms. The average molecular weight is 679 g/mol. The second kappa shape index (κ2) is 17.2. The Balaban J connectivity index is 3.00. The molecular weight excluding hydrogens is 634 g/mol. The number of alkyl halides is 1. The zero-order valence-electron chi connectivity index (χ0n) is 21.3. The monoisotopic (exact) mass is 680 g/mol. The SMILES string of the molecule is CCC[CH2][Sn]([CH2]CCC)([CH2]CCC)[CH2]C(C)(CCCI)C(=O)OC(=O)OCc1ccccc1. The third-order valence-electron chi connectivity index (χ3n) is 6.68. The minimum atomic E-state index is -2.61. The van der Waals surface area contributed by atoms with E-state index in [-0.39, 0.29) is 12.6 Å². The number of halogens is 1. The van der Waals surface area contributed by atoms with Crippen LogP contribution in [0.2, 0.25) is 17.7 Å². The second-order valence-corrected chi connectivity index (χ2v) is 24.7. The first kappa shape index (κ1) is 30.7. The zero-order chi connectivity index (χ0) is 24.6. The van der Waals surface area contributed by atoms with Crippen molar-refractivity contribution in [1.82, 2.24) is 0 Å². The maximum absolute atomic E-state index is 13.4. The first-order chi connectivity index (χ1) is 15.8. The van der Waals surface area contributed by atoms with E-state index in [4.69, 9.17) is 9.47 Å². The Labute approximate surface area is 220 Å². The molecule has 0 heterocycles. The van der Waals surface area contributed by atoms with Gasteiger partial charge in [-0.2, -0.15) is 0 Å². The molecule has 1 aromatic carbocycles. The van der Waals surface area contributed by atoms with Crippen LogP contribution in [-0.2, 0) is 20.9 Å². The van der Waals surface area contributed by atoms with E-state index in [1.807, 2.05) is 30.3 Å². The molecule has 188 valence electrons. The van der Waals surface area contributed by atoms with Crippen molar-refractivity contribution in [3.05, 3.63) is 35.9 Å². The van der Waals surface area contributed by atoms with Crippen LogP contribution in [0.4, 0.5) is 4.79 Å². The molecule has 6 heteroatoms. The van der Waals surface area contributed by atoms with Gasteiger partial charge in [-0.25, -0.2) is 0 Å². The fraction of sp³-hybridized carbons (Fsp3) is 0.704. The van der Waals surface area contributed by atoms with E-state index in [1.165, 1.54) is 51.8 Å². The van der Waals surface area contributed by atoms with Crippen LogP contribution in [0.3, 0.4) is 0 Å². The summed E-state index contributed by atoms with van der Waals surface area (Å²) in [5.41, 5.74) is 0.283. The fourth-order valence-electron chi connectivity index (χ4n) is 4.79. The van der Waals surface area contributed by atoms with E-state index >= 15 is 0 Å². The molecule has 0 aliphatic heterocycles. The van der Waals surface area contributed by atoms with Crippen LogP contribution in [-0.4, -0.2) is 34.9 Å². The average Bonchev–Trinajstić information content (AvgIpc) is 2.83. The summed E-state index contributed by atoms with van der Waals surface area (Å²) in [6, 6.07) is 9.48. The maximum atomic E-state index is 13.4. The summed E-state index contributed by atoms with van der Waals surface area (Å²) in [6.45, 7) is 8.97. The normalized spacial score (nSPS) is 13.4. The number of rotatable bonds is 17. The number of carbonyl (C=O) groups is 2. The summed E-state index contributed by atoms with van der Waals surface area (Å²) in [7, 11) is 0. The van der Waals surface area contributed by atoms with Crippen LogP contribution in [0.5, 0.6) is 0 Å². The van der Waals surface area contributed by atoms with Crippen LogP contribution in [0.15, 0.2) is 30.3 Å². The number of ether oxygens (including phenoxy) is 2. The Morgan fingerprint density at radius 2 is 1.45 bits per heavy atom. The Bertz CT molecular complexity index is 660. The topological polar surface area (TPSA) is 52.6 Å². The molecule has 0 radical (unpaired) electrons. The molecule has 0 spiro atoms. The summed E-state index contributed by atoms with van der Waals surface area (Å²) in [4.78, 5) is 25.8. The summed E-state index contributed by atoms with van der Waals surface area (Å²) in [6.07, 6.45) is 8.28. The molecule has 0 saturated carbocycles. The molecular formula is C27H45IO4Sn. The minimum absolute atomic E-state index is 0.115. The predicted molar refractivity (Wildman–Crippen MR) is 149 cm³/mol. The van der Waals surface area contributed by atoms with Crippen molar-refractivity contribution >= 4 is 53.1 Å². The van der Waals surface area contributed by atoms with Gasteiger partial charge in [0.2, 0.25) is 0 Å². The number of benzene rings is 1. The summed E-state index contributed by atoms with van der Waals surface area (Å²) >= 11 is -0.233. The van der Waals surface area contributed by atoms with E-state index in [0.717, 1.165) is 27.3 Å². The molecule has 0 aliphatic carbocycles. The van der Waals surface area contributed by atoms with Crippen LogP contribution in [0.1, 0.15) is 84.6 Å². The molecule has 0 aromatic heterocycles. The standard InChI is InChI=1S/C15H18IO4.3C4H9.Sn/c1-15(2,9-6-10-16)13(17)20-14(18)19-11-12-7-4-3-5-8-12;3*1-3-4-2;/h3-5,7-8H,1,6,9-11H2,2H3;3*1,3-4H2,2H3;. The van der Waals surface area contributed by atoms with E-state index in [0.29, 0.717) is 0 Å². The molecule has 0 N–H and O–H groups in total. The molecule has 0 aliphatic rings. The van der Waals surface area contributed by atoms with Gasteiger partial charge < -0.3 is 0 Å². The number of hydrogen-bond acceptors (Lipinski definition) is 4. The van der Waals surface area contributed by atoms with Crippen molar-refractivity contribution in [3.8, 4) is 0 Å². The van der Waals surface area contributed by atoms with Gasteiger partial charge in [0.05, 0.1) is 0 Å². The van der Waals surface area contributed by atoms with Crippen LogP contribution in [0, 0.1) is 5.41 Å². The van der Waals surface area contributed by atoms with Gasteiger partial charge in [-0.1, -0.05) is 0 Å². The first-order valence-corrected chi connectivity index (χ1v) is 22.4. The fourth-order valence-corrected chi connectivity index (χ4v) is 23.9. The molecule has 1 unspecified atom stereocenters. The third-order valence-corrected chi connectivity index (χ3v) is 23.9. The summed E-state index contributed by atoms with van der Waals surface area (Å²) in [5.74, 6) is -0.379. The van der Waals surface area contributed by atoms with E-state index in [1.54, 1.807) is 0 Å². The molecule has 1 aromatic rings. The van der Waals surface area contributed by atoms with Gasteiger partial charge in [0.25, 0.3) is 0 Å². The van der Waals surface area contributed by atoms with E-state index in [9.17, 15) is 9.59 Å². The van der Waals surface area contributed by atoms with Crippen molar-refractivity contribution in [2.45, 2.75) is 103 Å². The van der Waals surface area contributed by atoms with Gasteiger partial charge in [0.15, 0.2) is 0 Å². The van der Waals surface area contributed by atoms with Crippen molar-refractivity contribution in [1.29, 1.82) is 0 Å². The van der Waals surface area contributed by atoms with Gasteiger partial charge in [-0.05, 0) is 0 Å².